The van der Waals surface area contributed by atoms with Crippen LogP contribution >= 0.6 is 0 Å². The van der Waals surface area contributed by atoms with Crippen molar-refractivity contribution in [3.05, 3.63) is 35.3 Å². The van der Waals surface area contributed by atoms with Gasteiger partial charge in [-0.25, -0.2) is 10.4 Å². The van der Waals surface area contributed by atoms with Crippen LogP contribution in [0.4, 0.5) is 5.88 Å². The molecule has 7 heteroatoms. The highest BCUT2D eigenvalue weighted by atomic mass is 16.5. The summed E-state index contributed by atoms with van der Waals surface area (Å²) in [4.78, 5) is 4.22. The van der Waals surface area contributed by atoms with Gasteiger partial charge in [0.15, 0.2) is 5.89 Å². The Bertz CT molecular complexity index is 793. The van der Waals surface area contributed by atoms with Crippen molar-refractivity contribution in [1.82, 2.24) is 4.98 Å². The van der Waals surface area contributed by atoms with Crippen molar-refractivity contribution in [3.8, 4) is 17.6 Å². The van der Waals surface area contributed by atoms with Crippen LogP contribution in [0.3, 0.4) is 0 Å². The lowest BCUT2D eigenvalue weighted by Crippen LogP contribution is -1.95. The minimum atomic E-state index is 0.206. The van der Waals surface area contributed by atoms with Crippen LogP contribution in [0.15, 0.2) is 27.7 Å². The molecule has 1 N–H and O–H groups in total. The molecular weight excluding hydrogens is 344 g/mol. The van der Waals surface area contributed by atoms with Gasteiger partial charge in [0.05, 0.1) is 20.4 Å². The van der Waals surface area contributed by atoms with Crippen molar-refractivity contribution in [1.29, 1.82) is 5.26 Å². The van der Waals surface area contributed by atoms with Crippen LogP contribution in [0, 0.1) is 11.3 Å². The van der Waals surface area contributed by atoms with Crippen molar-refractivity contribution in [2.45, 2.75) is 45.4 Å². The molecule has 0 fully saturated rings. The van der Waals surface area contributed by atoms with Crippen LogP contribution in [0.5, 0.6) is 11.5 Å². The topological polar surface area (TPSA) is 92.7 Å². The molecule has 0 atom stereocenters. The second kappa shape index (κ2) is 10.9. The van der Waals surface area contributed by atoms with Gasteiger partial charge in [-0.05, 0) is 18.6 Å². The predicted molar refractivity (Wildman–Crippen MR) is 104 cm³/mol. The fraction of sp³-hybridized carbons (Fsp3) is 0.450. The van der Waals surface area contributed by atoms with Gasteiger partial charge in [0.1, 0.15) is 17.6 Å². The number of oxazole rings is 1. The molecule has 0 aliphatic rings. The van der Waals surface area contributed by atoms with Crippen LogP contribution in [-0.4, -0.2) is 25.4 Å². The molecule has 1 aromatic carbocycles. The summed E-state index contributed by atoms with van der Waals surface area (Å²) in [6.45, 7) is 2.19. The molecule has 0 radical (unpaired) electrons. The summed E-state index contributed by atoms with van der Waals surface area (Å²) >= 11 is 0. The average Bonchev–Trinajstić information content (AvgIpc) is 3.10. The van der Waals surface area contributed by atoms with E-state index in [1.165, 1.54) is 19.3 Å². The van der Waals surface area contributed by atoms with E-state index in [0.29, 0.717) is 17.4 Å². The molecule has 0 spiro atoms. The smallest absolute Gasteiger partial charge is 0.252 e. The first-order valence-corrected chi connectivity index (χ1v) is 9.12. The number of aryl methyl sites for hydroxylation is 1. The van der Waals surface area contributed by atoms with Gasteiger partial charge in [0.25, 0.3) is 5.88 Å². The van der Waals surface area contributed by atoms with Crippen molar-refractivity contribution >= 4 is 12.1 Å². The molecule has 27 heavy (non-hydrogen) atoms. The summed E-state index contributed by atoms with van der Waals surface area (Å²) in [6.07, 6.45) is 8.10. The molecule has 0 aliphatic carbocycles. The summed E-state index contributed by atoms with van der Waals surface area (Å²) < 4.78 is 16.1. The third kappa shape index (κ3) is 6.03. The molecule has 2 aromatic rings. The van der Waals surface area contributed by atoms with E-state index in [-0.39, 0.29) is 11.6 Å². The van der Waals surface area contributed by atoms with Crippen molar-refractivity contribution in [2.75, 3.05) is 19.6 Å². The van der Waals surface area contributed by atoms with Gasteiger partial charge in [0.2, 0.25) is 5.69 Å². The average molecular weight is 370 g/mol. The highest BCUT2D eigenvalue weighted by Crippen LogP contribution is 2.23. The number of nitrogens with zero attached hydrogens (tertiary/aromatic N) is 3. The number of rotatable bonds is 11. The van der Waals surface area contributed by atoms with Crippen LogP contribution in [0.1, 0.15) is 56.2 Å². The van der Waals surface area contributed by atoms with Crippen LogP contribution < -0.4 is 14.9 Å². The number of unbranched alkanes of at least 4 members (excludes halogenated alkanes) is 4. The quantitative estimate of drug-likeness (QED) is 0.355. The van der Waals surface area contributed by atoms with Crippen molar-refractivity contribution in [2.24, 2.45) is 5.10 Å². The highest BCUT2D eigenvalue weighted by molar-refractivity contribution is 5.84. The minimum Gasteiger partial charge on any atom is -0.497 e. The first-order valence-electron chi connectivity index (χ1n) is 9.12. The Balaban J connectivity index is 1.99. The van der Waals surface area contributed by atoms with Gasteiger partial charge in [-0.3, -0.25) is 0 Å². The predicted octanol–water partition coefficient (Wildman–Crippen LogP) is 4.52. The zero-order valence-corrected chi connectivity index (χ0v) is 16.1. The molecule has 2 rings (SSSR count). The molecule has 1 heterocycles. The van der Waals surface area contributed by atoms with Gasteiger partial charge >= 0.3 is 0 Å². The molecule has 144 valence electrons. The van der Waals surface area contributed by atoms with Gasteiger partial charge in [-0.1, -0.05) is 32.6 Å². The monoisotopic (exact) mass is 370 g/mol. The summed E-state index contributed by atoms with van der Waals surface area (Å²) in [5.41, 5.74) is 3.72. The van der Waals surface area contributed by atoms with Crippen molar-refractivity contribution in [3.63, 3.8) is 0 Å². The zero-order chi connectivity index (χ0) is 19.5. The fourth-order valence-corrected chi connectivity index (χ4v) is 2.59. The zero-order valence-electron chi connectivity index (χ0n) is 16.1. The third-order valence-electron chi connectivity index (χ3n) is 4.08. The van der Waals surface area contributed by atoms with Gasteiger partial charge in [-0.15, -0.1) is 0 Å². The SMILES string of the molecule is CCCCCCCc1nc(C#N)c(N/N=C\c2ccc(OC)cc2OC)o1. The molecule has 0 saturated heterocycles. The Kier molecular flexibility index (Phi) is 8.17. The first kappa shape index (κ1) is 20.3. The fourth-order valence-electron chi connectivity index (χ4n) is 2.59. The van der Waals surface area contributed by atoms with Gasteiger partial charge < -0.3 is 13.9 Å². The Morgan fingerprint density at radius 3 is 2.74 bits per heavy atom. The summed E-state index contributed by atoms with van der Waals surface area (Å²) in [6, 6.07) is 7.45. The van der Waals surface area contributed by atoms with E-state index >= 15 is 0 Å². The van der Waals surface area contributed by atoms with E-state index in [1.807, 2.05) is 18.2 Å². The van der Waals surface area contributed by atoms with E-state index < -0.39 is 0 Å². The molecular formula is C20H26N4O3. The number of hydrazone groups is 1. The van der Waals surface area contributed by atoms with Crippen LogP contribution in [0.2, 0.25) is 0 Å². The normalized spacial score (nSPS) is 10.7. The largest absolute Gasteiger partial charge is 0.497 e. The summed E-state index contributed by atoms with van der Waals surface area (Å²) in [5.74, 6) is 2.14. The maximum atomic E-state index is 9.23. The van der Waals surface area contributed by atoms with E-state index in [0.717, 1.165) is 24.8 Å². The maximum Gasteiger partial charge on any atom is 0.252 e. The standard InChI is InChI=1S/C20H26N4O3/c1-4-5-6-7-8-9-19-23-17(13-21)20(27-19)24-22-14-15-10-11-16(25-2)12-18(15)26-3/h10-12,14,24H,4-9H2,1-3H3/b22-14-. The maximum absolute atomic E-state index is 9.23. The van der Waals surface area contributed by atoms with E-state index in [4.69, 9.17) is 13.9 Å². The Morgan fingerprint density at radius 1 is 1.22 bits per heavy atom. The molecule has 0 unspecified atom stereocenters. The number of nitrogens with one attached hydrogen (secondary N) is 1. The lowest BCUT2D eigenvalue weighted by Gasteiger charge is -2.06. The second-order valence-electron chi connectivity index (χ2n) is 6.04. The number of benzene rings is 1. The lowest BCUT2D eigenvalue weighted by molar-refractivity contribution is 0.394. The van der Waals surface area contributed by atoms with E-state index in [2.05, 4.69) is 22.4 Å². The second-order valence-corrected chi connectivity index (χ2v) is 6.04. The first-order chi connectivity index (χ1) is 13.2. The summed E-state index contributed by atoms with van der Waals surface area (Å²) in [7, 11) is 3.18. The number of ether oxygens (including phenoxy) is 2. The number of nitriles is 1. The molecule has 0 bridgehead atoms. The number of hydrogen-bond acceptors (Lipinski definition) is 7. The van der Waals surface area contributed by atoms with E-state index in [9.17, 15) is 5.26 Å². The number of anilines is 1. The molecule has 1 aromatic heterocycles. The molecule has 0 amide bonds. The highest BCUT2D eigenvalue weighted by Gasteiger charge is 2.12. The Morgan fingerprint density at radius 2 is 2.04 bits per heavy atom. The Labute approximate surface area is 160 Å². The number of methoxy groups -OCH3 is 2. The molecule has 7 nitrogen and oxygen atoms in total. The lowest BCUT2D eigenvalue weighted by atomic mass is 10.1. The Hall–Kier alpha value is -3.01. The number of hydrogen-bond donors (Lipinski definition) is 1. The van der Waals surface area contributed by atoms with E-state index in [1.54, 1.807) is 26.5 Å². The van der Waals surface area contributed by atoms with Gasteiger partial charge in [-0.2, -0.15) is 10.4 Å². The van der Waals surface area contributed by atoms with Crippen LogP contribution in [-0.2, 0) is 6.42 Å². The minimum absolute atomic E-state index is 0.206. The summed E-state index contributed by atoms with van der Waals surface area (Å²) in [5, 5.41) is 13.4. The third-order valence-corrected chi connectivity index (χ3v) is 4.08. The van der Waals surface area contributed by atoms with Gasteiger partial charge in [0, 0.05) is 18.1 Å². The molecule has 0 saturated carbocycles. The van der Waals surface area contributed by atoms with Crippen molar-refractivity contribution < 1.29 is 13.9 Å². The van der Waals surface area contributed by atoms with Crippen LogP contribution in [0.25, 0.3) is 0 Å². The number of aromatic nitrogens is 1. The molecule has 0 aliphatic heterocycles.